The van der Waals surface area contributed by atoms with Crippen LogP contribution in [0.3, 0.4) is 0 Å². The molecule has 1 aliphatic rings. The summed E-state index contributed by atoms with van der Waals surface area (Å²) in [6.07, 6.45) is 4.28. The van der Waals surface area contributed by atoms with Gasteiger partial charge in [-0.15, -0.1) is 0 Å². The standard InChI is InChI=1S/C17H20BrN5O2/c1-21-23-16(10-20)17(24)22-12-3-6-13(7-4-12)25-14-5-2-11(9-19)15(18)8-14/h2,5,8,10,12-13,20-21H,3-4,6-7H2,1H3,(H,22,24)/b20-10?,23-16+/t12-,13-. The van der Waals surface area contributed by atoms with Crippen molar-refractivity contribution in [3.63, 3.8) is 0 Å². The number of hydrogen-bond donors (Lipinski definition) is 3. The van der Waals surface area contributed by atoms with Crippen molar-refractivity contribution in [1.29, 1.82) is 10.7 Å². The summed E-state index contributed by atoms with van der Waals surface area (Å²) >= 11 is 3.36. The van der Waals surface area contributed by atoms with Crippen molar-refractivity contribution in [1.82, 2.24) is 10.7 Å². The van der Waals surface area contributed by atoms with Crippen LogP contribution >= 0.6 is 15.9 Å². The minimum atomic E-state index is -0.343. The molecule has 3 N–H and O–H groups in total. The van der Waals surface area contributed by atoms with Crippen LogP contribution in [0.25, 0.3) is 0 Å². The first kappa shape index (κ1) is 18.9. The van der Waals surface area contributed by atoms with E-state index in [1.807, 2.05) is 0 Å². The fourth-order valence-electron chi connectivity index (χ4n) is 2.71. The Morgan fingerprint density at radius 1 is 1.44 bits per heavy atom. The van der Waals surface area contributed by atoms with Gasteiger partial charge in [-0.3, -0.25) is 4.79 Å². The molecule has 0 unspecified atom stereocenters. The molecular formula is C17H20BrN5O2. The third-order valence-corrected chi connectivity index (χ3v) is 4.63. The molecular weight excluding hydrogens is 386 g/mol. The molecule has 0 heterocycles. The van der Waals surface area contributed by atoms with Gasteiger partial charge in [0.2, 0.25) is 0 Å². The van der Waals surface area contributed by atoms with Gasteiger partial charge < -0.3 is 20.9 Å². The second kappa shape index (κ2) is 9.18. The lowest BCUT2D eigenvalue weighted by Crippen LogP contribution is -2.43. The number of halogens is 1. The summed E-state index contributed by atoms with van der Waals surface area (Å²) in [7, 11) is 1.58. The van der Waals surface area contributed by atoms with E-state index in [0.29, 0.717) is 5.56 Å². The van der Waals surface area contributed by atoms with E-state index in [1.54, 1.807) is 25.2 Å². The van der Waals surface area contributed by atoms with E-state index in [0.717, 1.165) is 42.1 Å². The Kier molecular flexibility index (Phi) is 6.95. The number of ether oxygens (including phenoxy) is 1. The monoisotopic (exact) mass is 405 g/mol. The molecule has 1 amide bonds. The van der Waals surface area contributed by atoms with E-state index < -0.39 is 0 Å². The fraction of sp³-hybridized carbons (Fsp3) is 0.412. The molecule has 132 valence electrons. The summed E-state index contributed by atoms with van der Waals surface area (Å²) in [5, 5.41) is 22.8. The van der Waals surface area contributed by atoms with Gasteiger partial charge in [0.25, 0.3) is 5.91 Å². The lowest BCUT2D eigenvalue weighted by molar-refractivity contribution is -0.115. The predicted octanol–water partition coefficient (Wildman–Crippen LogP) is 2.35. The number of carbonyl (C=O) groups is 1. The molecule has 0 bridgehead atoms. The molecule has 0 aromatic heterocycles. The van der Waals surface area contributed by atoms with E-state index in [-0.39, 0.29) is 23.8 Å². The van der Waals surface area contributed by atoms with Crippen LogP contribution in [0.2, 0.25) is 0 Å². The molecule has 2 rings (SSSR count). The van der Waals surface area contributed by atoms with Gasteiger partial charge in [-0.05, 0) is 59.8 Å². The highest BCUT2D eigenvalue weighted by Crippen LogP contribution is 2.27. The molecule has 0 spiro atoms. The van der Waals surface area contributed by atoms with E-state index in [9.17, 15) is 4.79 Å². The number of carbonyl (C=O) groups excluding carboxylic acids is 1. The Morgan fingerprint density at radius 2 is 2.16 bits per heavy atom. The summed E-state index contributed by atoms with van der Waals surface area (Å²) < 4.78 is 6.69. The topological polar surface area (TPSA) is 110 Å². The minimum absolute atomic E-state index is 0.0575. The second-order valence-electron chi connectivity index (χ2n) is 5.68. The molecule has 1 aromatic carbocycles. The third-order valence-electron chi connectivity index (χ3n) is 3.97. The second-order valence-corrected chi connectivity index (χ2v) is 6.54. The van der Waals surface area contributed by atoms with E-state index in [1.165, 1.54) is 0 Å². The zero-order chi connectivity index (χ0) is 18.2. The van der Waals surface area contributed by atoms with E-state index in [2.05, 4.69) is 37.8 Å². The molecule has 8 heteroatoms. The van der Waals surface area contributed by atoms with Crippen LogP contribution in [0.4, 0.5) is 0 Å². The molecule has 1 aliphatic carbocycles. The number of nitrogens with one attached hydrogen (secondary N) is 3. The highest BCUT2D eigenvalue weighted by molar-refractivity contribution is 9.10. The number of hydrogen-bond acceptors (Lipinski definition) is 6. The van der Waals surface area contributed by atoms with Crippen molar-refractivity contribution in [2.45, 2.75) is 37.8 Å². The highest BCUT2D eigenvalue weighted by Gasteiger charge is 2.24. The maximum atomic E-state index is 12.0. The maximum Gasteiger partial charge on any atom is 0.273 e. The largest absolute Gasteiger partial charge is 0.490 e. The Balaban J connectivity index is 1.84. The summed E-state index contributed by atoms with van der Waals surface area (Å²) in [5.41, 5.74) is 3.15. The van der Waals surface area contributed by atoms with Crippen molar-refractivity contribution in [2.75, 3.05) is 7.05 Å². The quantitative estimate of drug-likeness (QED) is 0.498. The van der Waals surface area contributed by atoms with Crippen LogP contribution in [0, 0.1) is 16.7 Å². The average molecular weight is 406 g/mol. The lowest BCUT2D eigenvalue weighted by atomic mass is 9.92. The van der Waals surface area contributed by atoms with Crippen molar-refractivity contribution >= 4 is 33.8 Å². The first-order valence-corrected chi connectivity index (χ1v) is 8.78. The number of rotatable bonds is 6. The van der Waals surface area contributed by atoms with E-state index >= 15 is 0 Å². The summed E-state index contributed by atoms with van der Waals surface area (Å²) in [5.74, 6) is 0.385. The van der Waals surface area contributed by atoms with Crippen LogP contribution < -0.4 is 15.5 Å². The van der Waals surface area contributed by atoms with Crippen molar-refractivity contribution in [2.24, 2.45) is 5.10 Å². The van der Waals surface area contributed by atoms with Gasteiger partial charge in [-0.25, -0.2) is 0 Å². The molecule has 0 aliphatic heterocycles. The smallest absolute Gasteiger partial charge is 0.273 e. The van der Waals surface area contributed by atoms with Gasteiger partial charge in [0, 0.05) is 17.6 Å². The number of nitriles is 1. The van der Waals surface area contributed by atoms with Crippen LogP contribution in [0.15, 0.2) is 27.8 Å². The Hall–Kier alpha value is -2.40. The minimum Gasteiger partial charge on any atom is -0.490 e. The van der Waals surface area contributed by atoms with Crippen molar-refractivity contribution in [3.8, 4) is 11.8 Å². The SMILES string of the molecule is CN/N=C(\C=N)C(=O)N[C@H]1CC[C@H](Oc2ccc(C#N)c(Br)c2)CC1. The molecule has 1 aromatic rings. The summed E-state index contributed by atoms with van der Waals surface area (Å²) in [6.45, 7) is 0. The number of amides is 1. The van der Waals surface area contributed by atoms with Crippen LogP contribution in [-0.2, 0) is 4.79 Å². The summed E-state index contributed by atoms with van der Waals surface area (Å²) in [4.78, 5) is 12.0. The Bertz CT molecular complexity index is 705. The van der Waals surface area contributed by atoms with Crippen molar-refractivity contribution < 1.29 is 9.53 Å². The first-order chi connectivity index (χ1) is 12.1. The number of nitrogens with zero attached hydrogens (tertiary/aromatic N) is 2. The molecule has 0 atom stereocenters. The van der Waals surface area contributed by atoms with Gasteiger partial charge in [0.15, 0.2) is 5.71 Å². The molecule has 1 fully saturated rings. The zero-order valence-corrected chi connectivity index (χ0v) is 15.5. The van der Waals surface area contributed by atoms with Crippen LogP contribution in [0.1, 0.15) is 31.2 Å². The number of benzene rings is 1. The Labute approximate surface area is 155 Å². The first-order valence-electron chi connectivity index (χ1n) is 7.99. The molecule has 25 heavy (non-hydrogen) atoms. The van der Waals surface area contributed by atoms with Gasteiger partial charge in [-0.2, -0.15) is 10.4 Å². The van der Waals surface area contributed by atoms with Crippen LogP contribution in [-0.4, -0.2) is 37.0 Å². The van der Waals surface area contributed by atoms with Gasteiger partial charge in [0.05, 0.1) is 17.9 Å². The molecule has 1 saturated carbocycles. The number of hydrazone groups is 1. The highest BCUT2D eigenvalue weighted by atomic mass is 79.9. The zero-order valence-electron chi connectivity index (χ0n) is 13.9. The Morgan fingerprint density at radius 3 is 2.72 bits per heavy atom. The molecule has 0 radical (unpaired) electrons. The van der Waals surface area contributed by atoms with Crippen molar-refractivity contribution in [3.05, 3.63) is 28.2 Å². The lowest BCUT2D eigenvalue weighted by Gasteiger charge is -2.29. The molecule has 0 saturated heterocycles. The average Bonchev–Trinajstić information content (AvgIpc) is 2.61. The summed E-state index contributed by atoms with van der Waals surface area (Å²) in [6, 6.07) is 7.48. The predicted molar refractivity (Wildman–Crippen MR) is 99.0 cm³/mol. The van der Waals surface area contributed by atoms with Gasteiger partial charge in [0.1, 0.15) is 11.8 Å². The fourth-order valence-corrected chi connectivity index (χ4v) is 3.15. The normalized spacial score (nSPS) is 20.3. The van der Waals surface area contributed by atoms with Crippen LogP contribution in [0.5, 0.6) is 5.75 Å². The third kappa shape index (κ3) is 5.29. The maximum absolute atomic E-state index is 12.0. The van der Waals surface area contributed by atoms with Gasteiger partial charge >= 0.3 is 0 Å². The van der Waals surface area contributed by atoms with E-state index in [4.69, 9.17) is 15.4 Å². The molecule has 7 nitrogen and oxygen atoms in total. The van der Waals surface area contributed by atoms with Gasteiger partial charge in [-0.1, -0.05) is 0 Å².